The Bertz CT molecular complexity index is 658. The zero-order valence-electron chi connectivity index (χ0n) is 11.0. The molecule has 0 aromatic heterocycles. The van der Waals surface area contributed by atoms with E-state index in [0.717, 1.165) is 21.8 Å². The van der Waals surface area contributed by atoms with Gasteiger partial charge in [0, 0.05) is 21.9 Å². The first-order valence-electron chi connectivity index (χ1n) is 6.04. The summed E-state index contributed by atoms with van der Waals surface area (Å²) in [6, 6.07) is 10.9. The molecular formula is C15H15ClN2OS. The lowest BCUT2D eigenvalue weighted by Gasteiger charge is -2.09. The minimum atomic E-state index is -0.411. The molecule has 0 fully saturated rings. The SMILES string of the molecule is Cc1cc(C(N)=O)ccc1CSc1cc(N)ccc1Cl. The molecule has 0 aliphatic carbocycles. The molecule has 0 saturated carbocycles. The van der Waals surface area contributed by atoms with E-state index in [1.807, 2.05) is 19.1 Å². The number of benzene rings is 2. The smallest absolute Gasteiger partial charge is 0.248 e. The van der Waals surface area contributed by atoms with E-state index >= 15 is 0 Å². The Morgan fingerprint density at radius 3 is 2.65 bits per heavy atom. The number of hydrogen-bond acceptors (Lipinski definition) is 3. The molecule has 1 amide bonds. The maximum Gasteiger partial charge on any atom is 0.248 e. The van der Waals surface area contributed by atoms with Crippen molar-refractivity contribution in [2.75, 3.05) is 5.73 Å². The van der Waals surface area contributed by atoms with E-state index in [1.165, 1.54) is 0 Å². The summed E-state index contributed by atoms with van der Waals surface area (Å²) in [4.78, 5) is 12.1. The van der Waals surface area contributed by atoms with Crippen molar-refractivity contribution in [3.8, 4) is 0 Å². The second-order valence-corrected chi connectivity index (χ2v) is 5.91. The molecule has 0 atom stereocenters. The Kier molecular flexibility index (Phi) is 4.57. The molecule has 20 heavy (non-hydrogen) atoms. The highest BCUT2D eigenvalue weighted by Crippen LogP contribution is 2.32. The van der Waals surface area contributed by atoms with Crippen molar-refractivity contribution in [3.63, 3.8) is 0 Å². The predicted molar refractivity (Wildman–Crippen MR) is 85.1 cm³/mol. The first-order chi connectivity index (χ1) is 9.47. The van der Waals surface area contributed by atoms with Gasteiger partial charge in [-0.15, -0.1) is 11.8 Å². The van der Waals surface area contributed by atoms with Crippen LogP contribution in [-0.4, -0.2) is 5.91 Å². The maximum atomic E-state index is 11.1. The van der Waals surface area contributed by atoms with Crippen LogP contribution in [0.2, 0.25) is 5.02 Å². The largest absolute Gasteiger partial charge is 0.399 e. The maximum absolute atomic E-state index is 11.1. The number of anilines is 1. The molecule has 3 nitrogen and oxygen atoms in total. The van der Waals surface area contributed by atoms with Crippen LogP contribution >= 0.6 is 23.4 Å². The number of rotatable bonds is 4. The fourth-order valence-electron chi connectivity index (χ4n) is 1.80. The molecular weight excluding hydrogens is 292 g/mol. The van der Waals surface area contributed by atoms with Gasteiger partial charge in [0.2, 0.25) is 5.91 Å². The van der Waals surface area contributed by atoms with E-state index in [1.54, 1.807) is 36.0 Å². The quantitative estimate of drug-likeness (QED) is 0.669. The van der Waals surface area contributed by atoms with Crippen molar-refractivity contribution in [2.24, 2.45) is 5.73 Å². The van der Waals surface area contributed by atoms with Gasteiger partial charge in [0.05, 0.1) is 5.02 Å². The van der Waals surface area contributed by atoms with E-state index in [0.29, 0.717) is 16.3 Å². The first-order valence-corrected chi connectivity index (χ1v) is 7.41. The third-order valence-electron chi connectivity index (χ3n) is 2.97. The van der Waals surface area contributed by atoms with E-state index < -0.39 is 5.91 Å². The molecule has 0 radical (unpaired) electrons. The van der Waals surface area contributed by atoms with Gasteiger partial charge in [0.1, 0.15) is 0 Å². The van der Waals surface area contributed by atoms with E-state index in [2.05, 4.69) is 0 Å². The molecule has 0 bridgehead atoms. The Hall–Kier alpha value is -1.65. The van der Waals surface area contributed by atoms with Crippen LogP contribution in [0.3, 0.4) is 0 Å². The number of aryl methyl sites for hydroxylation is 1. The van der Waals surface area contributed by atoms with Gasteiger partial charge in [-0.2, -0.15) is 0 Å². The Morgan fingerprint density at radius 1 is 1.25 bits per heavy atom. The summed E-state index contributed by atoms with van der Waals surface area (Å²) in [5.41, 5.74) is 14.4. The standard InChI is InChI=1S/C15H15ClN2OS/c1-9-6-10(15(18)19)2-3-11(9)8-20-14-7-12(17)4-5-13(14)16/h2-7H,8,17H2,1H3,(H2,18,19). The minimum Gasteiger partial charge on any atom is -0.399 e. The van der Waals surface area contributed by atoms with Crippen LogP contribution in [0.25, 0.3) is 0 Å². The number of nitrogen functional groups attached to an aromatic ring is 1. The monoisotopic (exact) mass is 306 g/mol. The minimum absolute atomic E-state index is 0.411. The summed E-state index contributed by atoms with van der Waals surface area (Å²) < 4.78 is 0. The Labute approximate surface area is 127 Å². The molecule has 5 heteroatoms. The number of nitrogens with two attached hydrogens (primary N) is 2. The molecule has 104 valence electrons. The number of halogens is 1. The molecule has 4 N–H and O–H groups in total. The number of carbonyl (C=O) groups is 1. The fourth-order valence-corrected chi connectivity index (χ4v) is 3.14. The van der Waals surface area contributed by atoms with Crippen molar-refractivity contribution >= 4 is 35.0 Å². The summed E-state index contributed by atoms with van der Waals surface area (Å²) in [6.07, 6.45) is 0. The summed E-state index contributed by atoms with van der Waals surface area (Å²) in [5, 5.41) is 0.690. The third-order valence-corrected chi connectivity index (χ3v) is 4.51. The van der Waals surface area contributed by atoms with Gasteiger partial charge in [0.15, 0.2) is 0 Å². The van der Waals surface area contributed by atoms with Crippen LogP contribution in [0.1, 0.15) is 21.5 Å². The average Bonchev–Trinajstić information content (AvgIpc) is 2.40. The lowest BCUT2D eigenvalue weighted by Crippen LogP contribution is -2.11. The van der Waals surface area contributed by atoms with Crippen LogP contribution in [0.4, 0.5) is 5.69 Å². The van der Waals surface area contributed by atoms with Crippen molar-refractivity contribution in [2.45, 2.75) is 17.6 Å². The van der Waals surface area contributed by atoms with Crippen molar-refractivity contribution in [1.82, 2.24) is 0 Å². The average molecular weight is 307 g/mol. The summed E-state index contributed by atoms with van der Waals surface area (Å²) in [6.45, 7) is 1.96. The molecule has 2 aromatic carbocycles. The molecule has 2 rings (SSSR count). The van der Waals surface area contributed by atoms with Gasteiger partial charge >= 0.3 is 0 Å². The zero-order chi connectivity index (χ0) is 14.7. The lowest BCUT2D eigenvalue weighted by molar-refractivity contribution is 0.1000. The zero-order valence-corrected chi connectivity index (χ0v) is 12.6. The van der Waals surface area contributed by atoms with Crippen molar-refractivity contribution < 1.29 is 4.79 Å². The van der Waals surface area contributed by atoms with Crippen molar-refractivity contribution in [3.05, 3.63) is 58.1 Å². The summed E-state index contributed by atoms with van der Waals surface area (Å²) in [7, 11) is 0. The van der Waals surface area contributed by atoms with Crippen LogP contribution in [0.15, 0.2) is 41.3 Å². The Morgan fingerprint density at radius 2 is 2.00 bits per heavy atom. The summed E-state index contributed by atoms with van der Waals surface area (Å²) in [5.74, 6) is 0.347. The molecule has 2 aromatic rings. The molecule has 0 aliphatic heterocycles. The van der Waals surface area contributed by atoms with Gasteiger partial charge < -0.3 is 11.5 Å². The normalized spacial score (nSPS) is 10.5. The molecule has 0 saturated heterocycles. The van der Waals surface area contributed by atoms with Gasteiger partial charge in [-0.3, -0.25) is 4.79 Å². The molecule has 0 unspecified atom stereocenters. The van der Waals surface area contributed by atoms with E-state index in [-0.39, 0.29) is 0 Å². The lowest BCUT2D eigenvalue weighted by atomic mass is 10.1. The number of primary amides is 1. The van der Waals surface area contributed by atoms with Crippen LogP contribution < -0.4 is 11.5 Å². The number of thioether (sulfide) groups is 1. The summed E-state index contributed by atoms with van der Waals surface area (Å²) >= 11 is 7.75. The van der Waals surface area contributed by atoms with Crippen molar-refractivity contribution in [1.29, 1.82) is 0 Å². The highest BCUT2D eigenvalue weighted by atomic mass is 35.5. The number of hydrogen-bond donors (Lipinski definition) is 2. The second kappa shape index (κ2) is 6.20. The van der Waals surface area contributed by atoms with Gasteiger partial charge in [0.25, 0.3) is 0 Å². The van der Waals surface area contributed by atoms with Gasteiger partial charge in [-0.25, -0.2) is 0 Å². The van der Waals surface area contributed by atoms with E-state index in [4.69, 9.17) is 23.1 Å². The topological polar surface area (TPSA) is 69.1 Å². The highest BCUT2D eigenvalue weighted by molar-refractivity contribution is 7.98. The van der Waals surface area contributed by atoms with Crippen LogP contribution in [0, 0.1) is 6.92 Å². The Balaban J connectivity index is 2.15. The highest BCUT2D eigenvalue weighted by Gasteiger charge is 2.07. The van der Waals surface area contributed by atoms with Crippen LogP contribution in [-0.2, 0) is 5.75 Å². The fraction of sp³-hybridized carbons (Fsp3) is 0.133. The van der Waals surface area contributed by atoms with Crippen LogP contribution in [0.5, 0.6) is 0 Å². The van der Waals surface area contributed by atoms with Gasteiger partial charge in [-0.1, -0.05) is 17.7 Å². The number of carbonyl (C=O) groups excluding carboxylic acids is 1. The van der Waals surface area contributed by atoms with E-state index in [9.17, 15) is 4.79 Å². The molecule has 0 aliphatic rings. The molecule has 0 heterocycles. The predicted octanol–water partition coefficient (Wildman–Crippen LogP) is 3.62. The third kappa shape index (κ3) is 3.46. The molecule has 0 spiro atoms. The first kappa shape index (κ1) is 14.8. The number of amides is 1. The second-order valence-electron chi connectivity index (χ2n) is 4.48. The van der Waals surface area contributed by atoms with Gasteiger partial charge in [-0.05, 0) is 48.4 Å².